The molecule has 0 bridgehead atoms. The van der Waals surface area contributed by atoms with E-state index in [9.17, 15) is 4.79 Å². The Morgan fingerprint density at radius 3 is 2.68 bits per heavy atom. The lowest BCUT2D eigenvalue weighted by Gasteiger charge is -2.38. The van der Waals surface area contributed by atoms with Gasteiger partial charge >= 0.3 is 0 Å². The molecule has 2 aliphatic rings. The Morgan fingerprint density at radius 2 is 1.95 bits per heavy atom. The summed E-state index contributed by atoms with van der Waals surface area (Å²) in [6.45, 7) is 0.774. The lowest BCUT2D eigenvalue weighted by Crippen LogP contribution is -2.40. The molecule has 0 unspecified atom stereocenters. The summed E-state index contributed by atoms with van der Waals surface area (Å²) in [5.41, 5.74) is 2.43. The highest BCUT2D eigenvalue weighted by atomic mass is 16.5. The number of rotatable bonds is 2. The molecule has 0 saturated heterocycles. The van der Waals surface area contributed by atoms with Crippen LogP contribution in [0.2, 0.25) is 0 Å². The molecule has 100 valence electrons. The van der Waals surface area contributed by atoms with Crippen LogP contribution in [0.5, 0.6) is 11.5 Å². The fraction of sp³-hybridized carbons (Fsp3) is 0.400. The van der Waals surface area contributed by atoms with Gasteiger partial charge < -0.3 is 14.4 Å². The number of amides is 1. The number of carbonyl (C=O) groups is 1. The van der Waals surface area contributed by atoms with Crippen molar-refractivity contribution >= 4 is 5.91 Å². The Balaban J connectivity index is 2.07. The second kappa shape index (κ2) is 4.61. The molecule has 0 N–H and O–H groups in total. The maximum Gasteiger partial charge on any atom is 0.246 e. The number of methoxy groups -OCH3 is 2. The Bertz CT molecular complexity index is 551. The standard InChI is InChI=1S/C15H17NO3/c1-18-13-8-10-6-7-16-12(4-3-5-15(16)17)11(10)9-14(13)19-2/h3,5,8-9,12H,4,6-7H2,1-2H3/t12-/m0/s1. The van der Waals surface area contributed by atoms with Gasteiger partial charge in [-0.2, -0.15) is 0 Å². The molecule has 0 aliphatic carbocycles. The van der Waals surface area contributed by atoms with E-state index in [0.29, 0.717) is 0 Å². The van der Waals surface area contributed by atoms with E-state index in [2.05, 4.69) is 0 Å². The maximum atomic E-state index is 11.9. The lowest BCUT2D eigenvalue weighted by atomic mass is 9.88. The lowest BCUT2D eigenvalue weighted by molar-refractivity contribution is -0.129. The minimum absolute atomic E-state index is 0.108. The third kappa shape index (κ3) is 1.87. The number of hydrogen-bond acceptors (Lipinski definition) is 3. The van der Waals surface area contributed by atoms with Crippen molar-refractivity contribution in [3.63, 3.8) is 0 Å². The molecule has 0 radical (unpaired) electrons. The third-order valence-electron chi connectivity index (χ3n) is 3.91. The van der Waals surface area contributed by atoms with Crippen molar-refractivity contribution in [2.75, 3.05) is 20.8 Å². The van der Waals surface area contributed by atoms with Gasteiger partial charge in [-0.15, -0.1) is 0 Å². The van der Waals surface area contributed by atoms with Crippen LogP contribution in [0, 0.1) is 0 Å². The number of carbonyl (C=O) groups excluding carboxylic acids is 1. The summed E-state index contributed by atoms with van der Waals surface area (Å²) in [6, 6.07) is 4.19. The molecule has 4 nitrogen and oxygen atoms in total. The fourth-order valence-corrected chi connectivity index (χ4v) is 2.94. The Kier molecular flexibility index (Phi) is 2.93. The monoisotopic (exact) mass is 259 g/mol. The van der Waals surface area contributed by atoms with Crippen molar-refractivity contribution in [2.24, 2.45) is 0 Å². The van der Waals surface area contributed by atoms with Gasteiger partial charge in [-0.3, -0.25) is 4.79 Å². The molecule has 2 aliphatic heterocycles. The maximum absolute atomic E-state index is 11.9. The quantitative estimate of drug-likeness (QED) is 0.816. The normalized spacial score (nSPS) is 20.8. The van der Waals surface area contributed by atoms with E-state index >= 15 is 0 Å². The molecule has 0 spiro atoms. The van der Waals surface area contributed by atoms with Gasteiger partial charge in [0.2, 0.25) is 5.91 Å². The van der Waals surface area contributed by atoms with Crippen LogP contribution < -0.4 is 9.47 Å². The minimum atomic E-state index is 0.108. The first kappa shape index (κ1) is 12.1. The smallest absolute Gasteiger partial charge is 0.246 e. The van der Waals surface area contributed by atoms with Crippen LogP contribution in [-0.2, 0) is 11.2 Å². The van der Waals surface area contributed by atoms with Crippen LogP contribution >= 0.6 is 0 Å². The third-order valence-corrected chi connectivity index (χ3v) is 3.91. The van der Waals surface area contributed by atoms with Gasteiger partial charge in [-0.05, 0) is 42.2 Å². The van der Waals surface area contributed by atoms with Crippen molar-refractivity contribution in [1.82, 2.24) is 4.90 Å². The van der Waals surface area contributed by atoms with Gasteiger partial charge in [0, 0.05) is 6.54 Å². The highest BCUT2D eigenvalue weighted by molar-refractivity contribution is 5.89. The SMILES string of the molecule is COc1cc2c(cc1OC)[C@@H]1CC=CC(=O)N1CC2. The van der Waals surface area contributed by atoms with E-state index < -0.39 is 0 Å². The van der Waals surface area contributed by atoms with Crippen molar-refractivity contribution in [3.8, 4) is 11.5 Å². The number of fused-ring (bicyclic) bond motifs is 3. The van der Waals surface area contributed by atoms with Gasteiger partial charge in [0.05, 0.1) is 20.3 Å². The van der Waals surface area contributed by atoms with Crippen LogP contribution in [0.4, 0.5) is 0 Å². The first-order chi connectivity index (χ1) is 9.24. The zero-order valence-corrected chi connectivity index (χ0v) is 11.2. The number of ether oxygens (including phenoxy) is 2. The van der Waals surface area contributed by atoms with Gasteiger partial charge in [-0.1, -0.05) is 6.08 Å². The molecule has 1 amide bonds. The minimum Gasteiger partial charge on any atom is -0.493 e. The number of hydrogen-bond donors (Lipinski definition) is 0. The molecular weight excluding hydrogens is 242 g/mol. The van der Waals surface area contributed by atoms with Gasteiger partial charge in [0.15, 0.2) is 11.5 Å². The van der Waals surface area contributed by atoms with Crippen LogP contribution in [0.25, 0.3) is 0 Å². The Hall–Kier alpha value is -1.97. The largest absolute Gasteiger partial charge is 0.493 e. The molecule has 1 aromatic carbocycles. The zero-order chi connectivity index (χ0) is 13.4. The topological polar surface area (TPSA) is 38.8 Å². The molecule has 0 saturated carbocycles. The average molecular weight is 259 g/mol. The second-order valence-corrected chi connectivity index (χ2v) is 4.84. The highest BCUT2D eigenvalue weighted by Crippen LogP contribution is 2.40. The van der Waals surface area contributed by atoms with Crippen LogP contribution in [0.1, 0.15) is 23.6 Å². The average Bonchev–Trinajstić information content (AvgIpc) is 2.45. The number of benzene rings is 1. The summed E-state index contributed by atoms with van der Waals surface area (Å²) in [5, 5.41) is 0. The first-order valence-corrected chi connectivity index (χ1v) is 6.46. The van der Waals surface area contributed by atoms with E-state index in [1.165, 1.54) is 11.1 Å². The van der Waals surface area contributed by atoms with Gasteiger partial charge in [0.25, 0.3) is 0 Å². The molecule has 0 aromatic heterocycles. The molecule has 4 heteroatoms. The summed E-state index contributed by atoms with van der Waals surface area (Å²) in [5.74, 6) is 1.59. The van der Waals surface area contributed by atoms with E-state index in [1.54, 1.807) is 20.3 Å². The molecule has 0 fully saturated rings. The van der Waals surface area contributed by atoms with Crippen LogP contribution in [0.15, 0.2) is 24.3 Å². The van der Waals surface area contributed by atoms with E-state index in [0.717, 1.165) is 30.9 Å². The molecule has 1 atom stereocenters. The second-order valence-electron chi connectivity index (χ2n) is 4.84. The molecule has 19 heavy (non-hydrogen) atoms. The van der Waals surface area contributed by atoms with Crippen LogP contribution in [0.3, 0.4) is 0 Å². The Labute approximate surface area is 112 Å². The van der Waals surface area contributed by atoms with Gasteiger partial charge in [-0.25, -0.2) is 0 Å². The van der Waals surface area contributed by atoms with E-state index in [1.807, 2.05) is 23.1 Å². The predicted molar refractivity (Wildman–Crippen MR) is 71.5 cm³/mol. The predicted octanol–water partition coefficient (Wildman–Crippen LogP) is 2.09. The van der Waals surface area contributed by atoms with Crippen molar-refractivity contribution < 1.29 is 14.3 Å². The van der Waals surface area contributed by atoms with E-state index in [4.69, 9.17) is 9.47 Å². The fourth-order valence-electron chi connectivity index (χ4n) is 2.94. The highest BCUT2D eigenvalue weighted by Gasteiger charge is 2.32. The summed E-state index contributed by atoms with van der Waals surface area (Å²) in [7, 11) is 3.28. The molecular formula is C15H17NO3. The number of nitrogens with zero attached hydrogens (tertiary/aromatic N) is 1. The molecule has 3 rings (SSSR count). The van der Waals surface area contributed by atoms with Crippen molar-refractivity contribution in [1.29, 1.82) is 0 Å². The summed E-state index contributed by atoms with van der Waals surface area (Å²) in [4.78, 5) is 13.8. The Morgan fingerprint density at radius 1 is 1.21 bits per heavy atom. The summed E-state index contributed by atoms with van der Waals surface area (Å²) in [6.07, 6.45) is 5.36. The summed E-state index contributed by atoms with van der Waals surface area (Å²) >= 11 is 0. The van der Waals surface area contributed by atoms with Crippen molar-refractivity contribution in [3.05, 3.63) is 35.4 Å². The first-order valence-electron chi connectivity index (χ1n) is 6.46. The van der Waals surface area contributed by atoms with E-state index in [-0.39, 0.29) is 11.9 Å². The molecule has 2 heterocycles. The van der Waals surface area contributed by atoms with Crippen LogP contribution in [-0.4, -0.2) is 31.6 Å². The van der Waals surface area contributed by atoms with Gasteiger partial charge in [0.1, 0.15) is 0 Å². The van der Waals surface area contributed by atoms with Crippen molar-refractivity contribution in [2.45, 2.75) is 18.9 Å². The summed E-state index contributed by atoms with van der Waals surface area (Å²) < 4.78 is 10.7. The zero-order valence-electron chi connectivity index (χ0n) is 11.2. The molecule has 1 aromatic rings.